The maximum Gasteiger partial charge on any atom is 0.416 e. The van der Waals surface area contributed by atoms with E-state index in [9.17, 15) is 26.0 Å². The summed E-state index contributed by atoms with van der Waals surface area (Å²) in [5.74, 6) is -0.540. The van der Waals surface area contributed by atoms with Crippen LogP contribution in [0.1, 0.15) is 24.1 Å². The second kappa shape index (κ2) is 8.82. The number of fused-ring (bicyclic) bond motifs is 1. The number of hydrogen-bond acceptors (Lipinski definition) is 5. The summed E-state index contributed by atoms with van der Waals surface area (Å²) >= 11 is 0. The average Bonchev–Trinajstić information content (AvgIpc) is 3.33. The average molecular weight is 470 g/mol. The molecule has 0 radical (unpaired) electrons. The summed E-state index contributed by atoms with van der Waals surface area (Å²) in [7, 11) is -3.66. The number of rotatable bonds is 7. The Morgan fingerprint density at radius 2 is 1.88 bits per heavy atom. The van der Waals surface area contributed by atoms with Crippen LogP contribution in [0.15, 0.2) is 51.9 Å². The molecular weight excluding hydrogens is 448 g/mol. The van der Waals surface area contributed by atoms with E-state index < -0.39 is 21.6 Å². The molecule has 10 heteroatoms. The van der Waals surface area contributed by atoms with Gasteiger partial charge in [-0.3, -0.25) is 0 Å². The SMILES string of the molecule is O=S(=O)(CC1CCN(CCCc2noc3cc(F)ccc23)C1)c1ccc(C(F)(F)F)cc1. The quantitative estimate of drug-likeness (QED) is 0.468. The van der Waals surface area contributed by atoms with Gasteiger partial charge in [0.25, 0.3) is 0 Å². The number of hydrogen-bond donors (Lipinski definition) is 0. The molecular formula is C22H22F4N2O3S. The Hall–Kier alpha value is -2.46. The van der Waals surface area contributed by atoms with Crippen LogP contribution < -0.4 is 0 Å². The number of sulfone groups is 1. The van der Waals surface area contributed by atoms with E-state index in [4.69, 9.17) is 4.52 Å². The van der Waals surface area contributed by atoms with Gasteiger partial charge in [0.15, 0.2) is 15.4 Å². The molecule has 5 nitrogen and oxygen atoms in total. The third-order valence-corrected chi connectivity index (χ3v) is 7.66. The van der Waals surface area contributed by atoms with Crippen LogP contribution in [0, 0.1) is 11.7 Å². The zero-order valence-corrected chi connectivity index (χ0v) is 17.9. The van der Waals surface area contributed by atoms with E-state index in [-0.39, 0.29) is 22.4 Å². The van der Waals surface area contributed by atoms with Gasteiger partial charge >= 0.3 is 6.18 Å². The first-order chi connectivity index (χ1) is 15.1. The lowest BCUT2D eigenvalue weighted by atomic mass is 10.1. The van der Waals surface area contributed by atoms with Gasteiger partial charge in [0.1, 0.15) is 5.82 Å². The van der Waals surface area contributed by atoms with Gasteiger partial charge in [-0.2, -0.15) is 13.2 Å². The Kier molecular flexibility index (Phi) is 6.26. The normalized spacial score (nSPS) is 17.9. The highest BCUT2D eigenvalue weighted by molar-refractivity contribution is 7.91. The van der Waals surface area contributed by atoms with Crippen LogP contribution in [-0.2, 0) is 22.4 Å². The molecule has 0 N–H and O–H groups in total. The molecule has 1 saturated heterocycles. The lowest BCUT2D eigenvalue weighted by Crippen LogP contribution is -2.24. The summed E-state index contributed by atoms with van der Waals surface area (Å²) in [6.07, 6.45) is -2.34. The molecule has 4 rings (SSSR count). The van der Waals surface area contributed by atoms with Gasteiger partial charge in [0.05, 0.1) is 21.9 Å². The molecule has 1 aliphatic heterocycles. The molecule has 2 heterocycles. The van der Waals surface area contributed by atoms with Crippen LogP contribution in [0.4, 0.5) is 17.6 Å². The Labute approximate surface area is 182 Å². The largest absolute Gasteiger partial charge is 0.416 e. The van der Waals surface area contributed by atoms with Gasteiger partial charge in [-0.05, 0) is 74.7 Å². The van der Waals surface area contributed by atoms with Crippen LogP contribution in [0.2, 0.25) is 0 Å². The Balaban J connectivity index is 1.28. The van der Waals surface area contributed by atoms with Gasteiger partial charge in [-0.1, -0.05) is 5.16 Å². The molecule has 0 amide bonds. The zero-order valence-electron chi connectivity index (χ0n) is 17.1. The second-order valence-electron chi connectivity index (χ2n) is 8.13. The predicted octanol–water partition coefficient (Wildman–Crippen LogP) is 4.71. The number of alkyl halides is 3. The van der Waals surface area contributed by atoms with Crippen molar-refractivity contribution in [2.75, 3.05) is 25.4 Å². The first kappa shape index (κ1) is 22.7. The predicted molar refractivity (Wildman–Crippen MR) is 110 cm³/mol. The van der Waals surface area contributed by atoms with E-state index in [0.29, 0.717) is 25.0 Å². The second-order valence-corrected chi connectivity index (χ2v) is 10.2. The van der Waals surface area contributed by atoms with Gasteiger partial charge in [0, 0.05) is 18.0 Å². The topological polar surface area (TPSA) is 63.4 Å². The fourth-order valence-corrected chi connectivity index (χ4v) is 5.76. The molecule has 1 fully saturated rings. The lowest BCUT2D eigenvalue weighted by molar-refractivity contribution is -0.137. The van der Waals surface area contributed by atoms with Crippen LogP contribution in [0.25, 0.3) is 11.0 Å². The van der Waals surface area contributed by atoms with E-state index in [0.717, 1.165) is 54.9 Å². The van der Waals surface area contributed by atoms with E-state index in [1.54, 1.807) is 6.07 Å². The van der Waals surface area contributed by atoms with Crippen molar-refractivity contribution >= 4 is 20.8 Å². The van der Waals surface area contributed by atoms with Crippen molar-refractivity contribution in [2.45, 2.75) is 30.3 Å². The molecule has 1 aliphatic rings. The summed E-state index contributed by atoms with van der Waals surface area (Å²) < 4.78 is 81.7. The van der Waals surface area contributed by atoms with Crippen molar-refractivity contribution in [1.29, 1.82) is 0 Å². The standard InChI is InChI=1S/C22H22F4N2O3S/c23-17-5-8-19-20(27-31-21(19)12-17)2-1-10-28-11-9-15(13-28)14-32(29,30)18-6-3-16(4-7-18)22(24,25)26/h3-8,12,15H,1-2,9-11,13-14H2. The summed E-state index contributed by atoms with van der Waals surface area (Å²) in [5.41, 5.74) is 0.309. The molecule has 0 bridgehead atoms. The minimum Gasteiger partial charge on any atom is -0.356 e. The molecule has 0 aliphatic carbocycles. The fraction of sp³-hybridized carbons (Fsp3) is 0.409. The number of likely N-dealkylation sites (tertiary alicyclic amines) is 1. The molecule has 172 valence electrons. The highest BCUT2D eigenvalue weighted by Gasteiger charge is 2.32. The smallest absolute Gasteiger partial charge is 0.356 e. The van der Waals surface area contributed by atoms with Crippen molar-refractivity contribution in [3.05, 3.63) is 59.5 Å². The summed E-state index contributed by atoms with van der Waals surface area (Å²) in [4.78, 5) is 2.09. The maximum absolute atomic E-state index is 13.2. The number of aryl methyl sites for hydroxylation is 1. The van der Waals surface area contributed by atoms with Gasteiger partial charge in [-0.25, -0.2) is 12.8 Å². The van der Waals surface area contributed by atoms with E-state index >= 15 is 0 Å². The van der Waals surface area contributed by atoms with Crippen LogP contribution in [-0.4, -0.2) is 43.9 Å². The Morgan fingerprint density at radius 3 is 2.59 bits per heavy atom. The van der Waals surface area contributed by atoms with Crippen molar-refractivity contribution in [2.24, 2.45) is 5.92 Å². The highest BCUT2D eigenvalue weighted by Crippen LogP contribution is 2.30. The van der Waals surface area contributed by atoms with E-state index in [1.807, 2.05) is 0 Å². The Morgan fingerprint density at radius 1 is 1.12 bits per heavy atom. The molecule has 3 aromatic rings. The minimum atomic E-state index is -4.50. The maximum atomic E-state index is 13.2. The monoisotopic (exact) mass is 470 g/mol. The first-order valence-electron chi connectivity index (χ1n) is 10.3. The molecule has 1 unspecified atom stereocenters. The van der Waals surface area contributed by atoms with E-state index in [1.165, 1.54) is 12.1 Å². The number of nitrogens with zero attached hydrogens (tertiary/aromatic N) is 2. The van der Waals surface area contributed by atoms with Crippen LogP contribution in [0.5, 0.6) is 0 Å². The van der Waals surface area contributed by atoms with Crippen molar-refractivity contribution in [3.63, 3.8) is 0 Å². The van der Waals surface area contributed by atoms with Crippen molar-refractivity contribution in [3.8, 4) is 0 Å². The van der Waals surface area contributed by atoms with Crippen molar-refractivity contribution in [1.82, 2.24) is 10.1 Å². The number of aromatic nitrogens is 1. The van der Waals surface area contributed by atoms with Gasteiger partial charge in [-0.15, -0.1) is 0 Å². The molecule has 32 heavy (non-hydrogen) atoms. The van der Waals surface area contributed by atoms with E-state index in [2.05, 4.69) is 10.1 Å². The van der Waals surface area contributed by atoms with Crippen LogP contribution in [0.3, 0.4) is 0 Å². The minimum absolute atomic E-state index is 0.0712. The van der Waals surface area contributed by atoms with Crippen molar-refractivity contribution < 1.29 is 30.5 Å². The number of benzene rings is 2. The zero-order chi connectivity index (χ0) is 22.9. The molecule has 0 spiro atoms. The lowest BCUT2D eigenvalue weighted by Gasteiger charge is -2.16. The van der Waals surface area contributed by atoms with Gasteiger partial charge in [0.2, 0.25) is 0 Å². The molecule has 1 atom stereocenters. The fourth-order valence-electron chi connectivity index (χ4n) is 4.12. The summed E-state index contributed by atoms with van der Waals surface area (Å²) in [6, 6.07) is 7.97. The third kappa shape index (κ3) is 5.12. The first-order valence-corrected chi connectivity index (χ1v) is 11.9. The Bertz CT molecular complexity index is 1190. The summed E-state index contributed by atoms with van der Waals surface area (Å²) in [5, 5.41) is 4.79. The third-order valence-electron chi connectivity index (χ3n) is 5.76. The summed E-state index contributed by atoms with van der Waals surface area (Å²) in [6.45, 7) is 2.13. The van der Waals surface area contributed by atoms with Gasteiger partial charge < -0.3 is 9.42 Å². The highest BCUT2D eigenvalue weighted by atomic mass is 32.2. The molecule has 1 aromatic heterocycles. The molecule has 0 saturated carbocycles. The van der Waals surface area contributed by atoms with Crippen LogP contribution >= 0.6 is 0 Å². The molecule has 2 aromatic carbocycles. The number of halogens is 4.